The number of urea groups is 1. The minimum atomic E-state index is -0.642. The second kappa shape index (κ2) is 6.96. The lowest BCUT2D eigenvalue weighted by molar-refractivity contribution is -0.131. The maximum atomic E-state index is 12.4. The van der Waals surface area contributed by atoms with Gasteiger partial charge < -0.3 is 14.9 Å². The van der Waals surface area contributed by atoms with Crippen molar-refractivity contribution < 1.29 is 19.5 Å². The highest BCUT2D eigenvalue weighted by Gasteiger charge is 2.36. The number of aliphatic hydroxyl groups excluding tert-OH is 1. The van der Waals surface area contributed by atoms with Crippen LogP contribution in [0.4, 0.5) is 4.79 Å². The molecule has 27 heavy (non-hydrogen) atoms. The first-order chi connectivity index (χ1) is 13.0. The van der Waals surface area contributed by atoms with Crippen molar-refractivity contribution in [3.05, 3.63) is 42.1 Å². The van der Waals surface area contributed by atoms with Gasteiger partial charge in [-0.2, -0.15) is 0 Å². The van der Waals surface area contributed by atoms with Crippen LogP contribution < -0.4 is 5.32 Å². The van der Waals surface area contributed by atoms with E-state index in [1.54, 1.807) is 4.90 Å². The third-order valence-corrected chi connectivity index (χ3v) is 5.08. The van der Waals surface area contributed by atoms with Crippen molar-refractivity contribution in [3.63, 3.8) is 0 Å². The number of imide groups is 1. The molecule has 2 aliphatic heterocycles. The summed E-state index contributed by atoms with van der Waals surface area (Å²) in [6.07, 6.45) is -0.0744. The lowest BCUT2D eigenvalue weighted by Gasteiger charge is -2.19. The number of carbonyl (C=O) groups excluding carboxylic acids is 3. The highest BCUT2D eigenvalue weighted by atomic mass is 16.3. The molecule has 1 aromatic heterocycles. The molecule has 2 fully saturated rings. The minimum Gasteiger partial charge on any atom is -0.391 e. The number of rotatable bonds is 4. The molecule has 0 radical (unpaired) electrons. The molecule has 2 saturated heterocycles. The molecule has 8 heteroatoms. The quantitative estimate of drug-likeness (QED) is 0.748. The summed E-state index contributed by atoms with van der Waals surface area (Å²) in [7, 11) is 0. The van der Waals surface area contributed by atoms with Crippen LogP contribution in [0.3, 0.4) is 0 Å². The van der Waals surface area contributed by atoms with E-state index in [-0.39, 0.29) is 31.5 Å². The summed E-state index contributed by atoms with van der Waals surface area (Å²) in [5.41, 5.74) is 1.77. The van der Waals surface area contributed by atoms with Crippen molar-refractivity contribution in [3.8, 4) is 0 Å². The lowest BCUT2D eigenvalue weighted by Crippen LogP contribution is -2.41. The Hall–Kier alpha value is -3.00. The zero-order chi connectivity index (χ0) is 19.0. The number of aromatic nitrogens is 1. The number of nitrogens with zero attached hydrogens (tertiary/aromatic N) is 3. The number of para-hydroxylation sites is 1. The molecule has 4 rings (SSSR count). The fraction of sp³-hybridized carbons (Fsp3) is 0.368. The standard InChI is InChI=1S/C19H20N4O4/c24-16-9-22(18(26)11-23-10-17(25)21-19(23)27)8-13(16)7-14-6-5-12-3-1-2-4-15(12)20-14/h1-6,13,16,24H,7-11H2,(H,21,25,27)/t13-,16-/m1/s1. The average molecular weight is 368 g/mol. The molecule has 0 unspecified atom stereocenters. The van der Waals surface area contributed by atoms with Gasteiger partial charge in [-0.3, -0.25) is 19.9 Å². The van der Waals surface area contributed by atoms with E-state index in [4.69, 9.17) is 0 Å². The topological polar surface area (TPSA) is 103 Å². The lowest BCUT2D eigenvalue weighted by atomic mass is 9.99. The summed E-state index contributed by atoms with van der Waals surface area (Å²) in [5.74, 6) is -0.793. The molecule has 2 aromatic rings. The number of β-amino-alcohol motifs (C(OH)–C–C–N with tert-alkyl or cyclic N) is 1. The van der Waals surface area contributed by atoms with E-state index in [1.807, 2.05) is 36.4 Å². The molecule has 0 saturated carbocycles. The van der Waals surface area contributed by atoms with Crippen LogP contribution in [0, 0.1) is 5.92 Å². The third kappa shape index (κ3) is 3.61. The Kier molecular flexibility index (Phi) is 4.49. The Balaban J connectivity index is 1.39. The second-order valence-electron chi connectivity index (χ2n) is 7.03. The molecule has 8 nitrogen and oxygen atoms in total. The molecular formula is C19H20N4O4. The summed E-state index contributed by atoms with van der Waals surface area (Å²) in [5, 5.41) is 13.6. The van der Waals surface area contributed by atoms with Crippen molar-refractivity contribution >= 4 is 28.7 Å². The van der Waals surface area contributed by atoms with E-state index in [0.717, 1.165) is 16.6 Å². The summed E-state index contributed by atoms with van der Waals surface area (Å²) in [6.45, 7) is 0.356. The van der Waals surface area contributed by atoms with Crippen LogP contribution in [0.5, 0.6) is 0 Å². The van der Waals surface area contributed by atoms with Crippen LogP contribution in [0.1, 0.15) is 5.69 Å². The van der Waals surface area contributed by atoms with Gasteiger partial charge in [-0.25, -0.2) is 4.79 Å². The van der Waals surface area contributed by atoms with Gasteiger partial charge in [0.1, 0.15) is 13.1 Å². The number of benzene rings is 1. The van der Waals surface area contributed by atoms with Gasteiger partial charge in [0, 0.05) is 30.1 Å². The summed E-state index contributed by atoms with van der Waals surface area (Å²) >= 11 is 0. The molecule has 3 heterocycles. The molecule has 0 bridgehead atoms. The van der Waals surface area contributed by atoms with Gasteiger partial charge in [-0.15, -0.1) is 0 Å². The number of hydrogen-bond donors (Lipinski definition) is 2. The summed E-state index contributed by atoms with van der Waals surface area (Å²) in [4.78, 5) is 42.6. The predicted molar refractivity (Wildman–Crippen MR) is 96.6 cm³/mol. The molecule has 4 amide bonds. The normalized spacial score (nSPS) is 22.6. The Morgan fingerprint density at radius 3 is 2.78 bits per heavy atom. The van der Waals surface area contributed by atoms with Gasteiger partial charge in [0.25, 0.3) is 0 Å². The molecule has 0 aliphatic carbocycles. The van der Waals surface area contributed by atoms with Crippen molar-refractivity contribution in [1.29, 1.82) is 0 Å². The van der Waals surface area contributed by atoms with E-state index < -0.39 is 18.0 Å². The first-order valence-corrected chi connectivity index (χ1v) is 8.89. The smallest absolute Gasteiger partial charge is 0.325 e. The molecule has 2 atom stereocenters. The molecule has 1 aromatic carbocycles. The predicted octanol–water partition coefficient (Wildman–Crippen LogP) is 0.148. The summed E-state index contributed by atoms with van der Waals surface area (Å²) in [6, 6.07) is 11.2. The summed E-state index contributed by atoms with van der Waals surface area (Å²) < 4.78 is 0. The maximum Gasteiger partial charge on any atom is 0.325 e. The zero-order valence-corrected chi connectivity index (χ0v) is 14.7. The number of likely N-dealkylation sites (tertiary alicyclic amines) is 1. The van der Waals surface area contributed by atoms with Crippen LogP contribution in [0.15, 0.2) is 36.4 Å². The number of nitrogens with one attached hydrogen (secondary N) is 1. The Morgan fingerprint density at radius 2 is 2.00 bits per heavy atom. The molecule has 2 N–H and O–H groups in total. The second-order valence-corrected chi connectivity index (χ2v) is 7.03. The van der Waals surface area contributed by atoms with Crippen molar-refractivity contribution in [2.24, 2.45) is 5.92 Å². The van der Waals surface area contributed by atoms with Crippen LogP contribution >= 0.6 is 0 Å². The minimum absolute atomic E-state index is 0.106. The van der Waals surface area contributed by atoms with E-state index in [9.17, 15) is 19.5 Å². The highest BCUT2D eigenvalue weighted by Crippen LogP contribution is 2.22. The number of carbonyl (C=O) groups is 3. The number of hydrogen-bond acceptors (Lipinski definition) is 5. The van der Waals surface area contributed by atoms with Gasteiger partial charge in [-0.1, -0.05) is 24.3 Å². The molecule has 2 aliphatic rings. The van der Waals surface area contributed by atoms with E-state index in [2.05, 4.69) is 10.3 Å². The maximum absolute atomic E-state index is 12.4. The fourth-order valence-corrected chi connectivity index (χ4v) is 3.62. The Bertz CT molecular complexity index is 915. The number of fused-ring (bicyclic) bond motifs is 1. The van der Waals surface area contributed by atoms with Crippen molar-refractivity contribution in [1.82, 2.24) is 20.1 Å². The molecule has 0 spiro atoms. The highest BCUT2D eigenvalue weighted by molar-refractivity contribution is 6.03. The monoisotopic (exact) mass is 368 g/mol. The van der Waals surface area contributed by atoms with E-state index >= 15 is 0 Å². The van der Waals surface area contributed by atoms with E-state index in [0.29, 0.717) is 13.0 Å². The number of amides is 4. The first kappa shape index (κ1) is 17.4. The van der Waals surface area contributed by atoms with Gasteiger partial charge in [0.15, 0.2) is 0 Å². The van der Waals surface area contributed by atoms with Crippen molar-refractivity contribution in [2.75, 3.05) is 26.2 Å². The van der Waals surface area contributed by atoms with Gasteiger partial charge in [0.05, 0.1) is 11.6 Å². The van der Waals surface area contributed by atoms with Crippen LogP contribution in [0.25, 0.3) is 10.9 Å². The van der Waals surface area contributed by atoms with Gasteiger partial charge >= 0.3 is 6.03 Å². The molecule has 140 valence electrons. The van der Waals surface area contributed by atoms with Gasteiger partial charge in [-0.05, 0) is 18.6 Å². The SMILES string of the molecule is O=C1CN(CC(=O)N2C[C@@H](Cc3ccc4ccccc4n3)[C@H](O)C2)C(=O)N1. The number of aliphatic hydroxyl groups is 1. The fourth-order valence-electron chi connectivity index (χ4n) is 3.62. The zero-order valence-electron chi connectivity index (χ0n) is 14.7. The third-order valence-electron chi connectivity index (χ3n) is 5.08. The van der Waals surface area contributed by atoms with Crippen LogP contribution in [-0.4, -0.2) is 70.0 Å². The van der Waals surface area contributed by atoms with Crippen LogP contribution in [0.2, 0.25) is 0 Å². The van der Waals surface area contributed by atoms with Crippen molar-refractivity contribution in [2.45, 2.75) is 12.5 Å². The number of pyridine rings is 1. The Labute approximate surface area is 155 Å². The largest absolute Gasteiger partial charge is 0.391 e. The average Bonchev–Trinajstić information content (AvgIpc) is 3.16. The van der Waals surface area contributed by atoms with E-state index in [1.165, 1.54) is 4.90 Å². The van der Waals surface area contributed by atoms with Crippen LogP contribution in [-0.2, 0) is 16.0 Å². The molecular weight excluding hydrogens is 348 g/mol. The Morgan fingerprint density at radius 1 is 1.19 bits per heavy atom. The first-order valence-electron chi connectivity index (χ1n) is 8.89. The van der Waals surface area contributed by atoms with Gasteiger partial charge in [0.2, 0.25) is 11.8 Å².